The lowest BCUT2D eigenvalue weighted by atomic mass is 10.2. The number of aromatic nitrogens is 2. The Hall–Kier alpha value is -2.00. The number of aromatic amines is 1. The average molecular weight is 260 g/mol. The van der Waals surface area contributed by atoms with E-state index in [1.54, 1.807) is 7.11 Å². The molecule has 0 spiro atoms. The number of imidazole rings is 1. The number of nitrogens with one attached hydrogen (secondary N) is 1. The van der Waals surface area contributed by atoms with E-state index >= 15 is 0 Å². The second kappa shape index (κ2) is 5.10. The van der Waals surface area contributed by atoms with Crippen molar-refractivity contribution in [3.8, 4) is 17.1 Å². The monoisotopic (exact) mass is 259 g/mol. The van der Waals surface area contributed by atoms with Crippen LogP contribution in [0.3, 0.4) is 0 Å². The van der Waals surface area contributed by atoms with E-state index in [1.807, 2.05) is 48.5 Å². The highest BCUT2D eigenvalue weighted by atomic mass is 35.5. The van der Waals surface area contributed by atoms with Gasteiger partial charge in [0.25, 0.3) is 0 Å². The van der Waals surface area contributed by atoms with Gasteiger partial charge in [0.1, 0.15) is 11.6 Å². The van der Waals surface area contributed by atoms with Gasteiger partial charge < -0.3 is 22.1 Å². The molecule has 3 rings (SSSR count). The van der Waals surface area contributed by atoms with Crippen LogP contribution in [0.4, 0.5) is 0 Å². The first-order valence-electron chi connectivity index (χ1n) is 5.46. The Bertz CT molecular complexity index is 649. The lowest BCUT2D eigenvalue weighted by Crippen LogP contribution is -3.00. The van der Waals surface area contributed by atoms with Gasteiger partial charge in [-0.25, -0.2) is 4.98 Å². The SMILES string of the molecule is COc1ccc2nc(-c3ccccc3)[nH]c2c1.[Cl-]. The zero-order valence-electron chi connectivity index (χ0n) is 9.85. The molecule has 92 valence electrons. The molecule has 4 heteroatoms. The van der Waals surface area contributed by atoms with Crippen molar-refractivity contribution >= 4 is 11.0 Å². The van der Waals surface area contributed by atoms with Gasteiger partial charge in [0, 0.05) is 11.6 Å². The molecule has 0 fully saturated rings. The van der Waals surface area contributed by atoms with Crippen molar-refractivity contribution in [3.05, 3.63) is 48.5 Å². The molecular formula is C14H12ClN2O-. The van der Waals surface area contributed by atoms with Gasteiger partial charge in [0.15, 0.2) is 0 Å². The lowest BCUT2D eigenvalue weighted by molar-refractivity contribution is -0.00000382. The number of methoxy groups -OCH3 is 1. The summed E-state index contributed by atoms with van der Waals surface area (Å²) in [7, 11) is 1.66. The molecule has 0 unspecified atom stereocenters. The molecule has 0 aliphatic heterocycles. The smallest absolute Gasteiger partial charge is 0.138 e. The first-order chi connectivity index (χ1) is 8.36. The van der Waals surface area contributed by atoms with E-state index in [0.717, 1.165) is 28.2 Å². The molecule has 2 aromatic carbocycles. The number of hydrogen-bond acceptors (Lipinski definition) is 2. The van der Waals surface area contributed by atoms with Crippen LogP contribution in [-0.4, -0.2) is 17.1 Å². The van der Waals surface area contributed by atoms with E-state index in [4.69, 9.17) is 4.74 Å². The van der Waals surface area contributed by atoms with E-state index in [2.05, 4.69) is 9.97 Å². The zero-order valence-corrected chi connectivity index (χ0v) is 10.6. The predicted octanol–water partition coefficient (Wildman–Crippen LogP) is 0.242. The molecule has 0 radical (unpaired) electrons. The topological polar surface area (TPSA) is 37.9 Å². The van der Waals surface area contributed by atoms with Crippen LogP contribution in [0.25, 0.3) is 22.4 Å². The number of benzene rings is 2. The molecular weight excluding hydrogens is 248 g/mol. The first kappa shape index (κ1) is 12.5. The molecule has 1 aromatic heterocycles. The fourth-order valence-electron chi connectivity index (χ4n) is 1.85. The second-order valence-electron chi connectivity index (χ2n) is 3.83. The summed E-state index contributed by atoms with van der Waals surface area (Å²) in [5.41, 5.74) is 3.02. The van der Waals surface area contributed by atoms with E-state index in [0.29, 0.717) is 0 Å². The third kappa shape index (κ3) is 2.17. The van der Waals surface area contributed by atoms with Gasteiger partial charge in [-0.1, -0.05) is 30.3 Å². The largest absolute Gasteiger partial charge is 1.00 e. The predicted molar refractivity (Wildman–Crippen MR) is 68.1 cm³/mol. The Balaban J connectivity index is 0.00000120. The number of fused-ring (bicyclic) bond motifs is 1. The van der Waals surface area contributed by atoms with Crippen LogP contribution in [0.5, 0.6) is 5.75 Å². The van der Waals surface area contributed by atoms with Crippen molar-refractivity contribution in [2.75, 3.05) is 7.11 Å². The molecule has 0 atom stereocenters. The molecule has 3 aromatic rings. The number of ether oxygens (including phenoxy) is 1. The molecule has 0 saturated heterocycles. The van der Waals surface area contributed by atoms with Crippen LogP contribution in [0.1, 0.15) is 0 Å². The van der Waals surface area contributed by atoms with E-state index in [-0.39, 0.29) is 12.4 Å². The number of rotatable bonds is 2. The Kier molecular flexibility index (Phi) is 3.53. The molecule has 0 aliphatic carbocycles. The first-order valence-corrected chi connectivity index (χ1v) is 5.46. The summed E-state index contributed by atoms with van der Waals surface area (Å²) in [5, 5.41) is 0. The van der Waals surface area contributed by atoms with Gasteiger partial charge in [0.2, 0.25) is 0 Å². The number of nitrogens with zero attached hydrogens (tertiary/aromatic N) is 1. The van der Waals surface area contributed by atoms with Gasteiger partial charge >= 0.3 is 0 Å². The van der Waals surface area contributed by atoms with E-state index in [9.17, 15) is 0 Å². The van der Waals surface area contributed by atoms with Crippen LogP contribution >= 0.6 is 0 Å². The third-order valence-electron chi connectivity index (χ3n) is 2.74. The maximum Gasteiger partial charge on any atom is 0.138 e. The highest BCUT2D eigenvalue weighted by Crippen LogP contribution is 2.23. The summed E-state index contributed by atoms with van der Waals surface area (Å²) in [6.45, 7) is 0. The molecule has 0 bridgehead atoms. The molecule has 18 heavy (non-hydrogen) atoms. The van der Waals surface area contributed by atoms with Crippen molar-refractivity contribution in [2.24, 2.45) is 0 Å². The van der Waals surface area contributed by atoms with Crippen molar-refractivity contribution in [1.29, 1.82) is 0 Å². The van der Waals surface area contributed by atoms with Crippen LogP contribution < -0.4 is 17.1 Å². The normalized spacial score (nSPS) is 10.1. The van der Waals surface area contributed by atoms with Gasteiger partial charge in [-0.05, 0) is 12.1 Å². The number of halogens is 1. The Morgan fingerprint density at radius 3 is 2.56 bits per heavy atom. The van der Waals surface area contributed by atoms with Gasteiger partial charge in [-0.2, -0.15) is 0 Å². The maximum atomic E-state index is 5.19. The van der Waals surface area contributed by atoms with Crippen molar-refractivity contribution < 1.29 is 17.1 Å². The number of hydrogen-bond donors (Lipinski definition) is 1. The summed E-state index contributed by atoms with van der Waals surface area (Å²) in [5.74, 6) is 1.72. The maximum absolute atomic E-state index is 5.19. The van der Waals surface area contributed by atoms with E-state index < -0.39 is 0 Å². The molecule has 0 saturated carbocycles. The van der Waals surface area contributed by atoms with E-state index in [1.165, 1.54) is 0 Å². The van der Waals surface area contributed by atoms with Crippen molar-refractivity contribution in [3.63, 3.8) is 0 Å². The van der Waals surface area contributed by atoms with Crippen molar-refractivity contribution in [2.45, 2.75) is 0 Å². The molecule has 1 N–H and O–H groups in total. The summed E-state index contributed by atoms with van der Waals surface area (Å²) in [6.07, 6.45) is 0. The Morgan fingerprint density at radius 1 is 1.06 bits per heavy atom. The second-order valence-corrected chi connectivity index (χ2v) is 3.83. The van der Waals surface area contributed by atoms with Gasteiger partial charge in [0.05, 0.1) is 18.1 Å². The van der Waals surface area contributed by atoms with Crippen LogP contribution in [-0.2, 0) is 0 Å². The summed E-state index contributed by atoms with van der Waals surface area (Å²) >= 11 is 0. The van der Waals surface area contributed by atoms with Gasteiger partial charge in [-0.3, -0.25) is 0 Å². The Labute approximate surface area is 111 Å². The minimum absolute atomic E-state index is 0. The highest BCUT2D eigenvalue weighted by Gasteiger charge is 2.05. The zero-order chi connectivity index (χ0) is 11.7. The summed E-state index contributed by atoms with van der Waals surface area (Å²) in [4.78, 5) is 7.84. The minimum Gasteiger partial charge on any atom is -1.00 e. The quantitative estimate of drug-likeness (QED) is 0.716. The fourth-order valence-corrected chi connectivity index (χ4v) is 1.85. The fraction of sp³-hybridized carbons (Fsp3) is 0.0714. The standard InChI is InChI=1S/C14H12N2O.ClH/c1-17-11-7-8-12-13(9-11)16-14(15-12)10-5-3-2-4-6-10;/h2-9H,1H3,(H,15,16);1H/p-1. The third-order valence-corrected chi connectivity index (χ3v) is 2.74. The van der Waals surface area contributed by atoms with Crippen LogP contribution in [0, 0.1) is 0 Å². The molecule has 3 nitrogen and oxygen atoms in total. The minimum atomic E-state index is 0. The van der Waals surface area contributed by atoms with Crippen molar-refractivity contribution in [1.82, 2.24) is 9.97 Å². The molecule has 1 heterocycles. The average Bonchev–Trinajstić information content (AvgIpc) is 2.82. The lowest BCUT2D eigenvalue weighted by Gasteiger charge is -1.96. The van der Waals surface area contributed by atoms with Crippen LogP contribution in [0.15, 0.2) is 48.5 Å². The summed E-state index contributed by atoms with van der Waals surface area (Å²) in [6, 6.07) is 15.9. The Morgan fingerprint density at radius 2 is 1.83 bits per heavy atom. The van der Waals surface area contributed by atoms with Crippen LogP contribution in [0.2, 0.25) is 0 Å². The number of H-pyrrole nitrogens is 1. The van der Waals surface area contributed by atoms with Gasteiger partial charge in [-0.15, -0.1) is 0 Å². The summed E-state index contributed by atoms with van der Waals surface area (Å²) < 4.78 is 5.19. The molecule has 0 amide bonds. The highest BCUT2D eigenvalue weighted by molar-refractivity contribution is 5.80. The molecule has 0 aliphatic rings.